The first-order chi connectivity index (χ1) is 27.1. The summed E-state index contributed by atoms with van der Waals surface area (Å²) in [6.45, 7) is 17.8. The van der Waals surface area contributed by atoms with Crippen LogP contribution in [-0.4, -0.2) is 193 Å². The Labute approximate surface area is 362 Å². The molecule has 0 amide bonds. The first kappa shape index (κ1) is 59.2. The van der Waals surface area contributed by atoms with Crippen molar-refractivity contribution in [3.8, 4) is 0 Å². The Balaban J connectivity index is 0.000000871. The van der Waals surface area contributed by atoms with Gasteiger partial charge in [0.25, 0.3) is 0 Å². The van der Waals surface area contributed by atoms with E-state index in [0.717, 1.165) is 0 Å². The van der Waals surface area contributed by atoms with Gasteiger partial charge in [0.05, 0.1) is 75.3 Å². The molecule has 0 aromatic heterocycles. The highest BCUT2D eigenvalue weighted by molar-refractivity contribution is 7.53. The third-order valence-corrected chi connectivity index (χ3v) is 10.6. The summed E-state index contributed by atoms with van der Waals surface area (Å²) in [6.07, 6.45) is 0.137. The summed E-state index contributed by atoms with van der Waals surface area (Å²) in [5, 5.41) is 18.3. The molecule has 0 aromatic rings. The van der Waals surface area contributed by atoms with Crippen LogP contribution in [0.1, 0.15) is 81.1 Å². The molecule has 0 bridgehead atoms. The second kappa shape index (κ2) is 31.1. The fraction of sp³-hybridized carbons (Fsp3) is 0.973. The number of aliphatic hydroxyl groups is 2. The van der Waals surface area contributed by atoms with Crippen molar-refractivity contribution in [2.24, 2.45) is 0 Å². The predicted molar refractivity (Wildman–Crippen MR) is 230 cm³/mol. The first-order valence-electron chi connectivity index (χ1n) is 19.9. The highest BCUT2D eigenvalue weighted by atomic mass is 31.2. The second-order valence-corrected chi connectivity index (χ2v) is 18.8. The monoisotopic (exact) mass is 879 g/mol. The Morgan fingerprint density at radius 2 is 0.983 bits per heavy atom. The zero-order chi connectivity index (χ0) is 44.2. The molecule has 0 saturated carbocycles. The van der Waals surface area contributed by atoms with Gasteiger partial charge in [0, 0.05) is 59.4 Å². The molecule has 16 nitrogen and oxygen atoms in total. The lowest BCUT2D eigenvalue weighted by atomic mass is 9.96. The third-order valence-electron chi connectivity index (χ3n) is 8.45. The van der Waals surface area contributed by atoms with Crippen LogP contribution in [0.25, 0.3) is 0 Å². The van der Waals surface area contributed by atoms with Gasteiger partial charge >= 0.3 is 16.2 Å². The van der Waals surface area contributed by atoms with Gasteiger partial charge in [-0.25, -0.2) is 0 Å². The van der Waals surface area contributed by atoms with Crippen LogP contribution in [-0.2, 0) is 65.1 Å². The van der Waals surface area contributed by atoms with Gasteiger partial charge in [-0.15, -0.1) is 0 Å². The molecule has 4 heterocycles. The molecule has 4 saturated heterocycles. The van der Waals surface area contributed by atoms with E-state index >= 15 is 0 Å². The van der Waals surface area contributed by atoms with E-state index in [4.69, 9.17) is 83.4 Å². The summed E-state index contributed by atoms with van der Waals surface area (Å²) < 4.78 is 82.1. The van der Waals surface area contributed by atoms with Crippen molar-refractivity contribution < 1.29 is 75.3 Å². The molecule has 4 aliphatic heterocycles. The van der Waals surface area contributed by atoms with E-state index in [2.05, 4.69) is 13.6 Å². The van der Waals surface area contributed by atoms with Crippen molar-refractivity contribution in [1.29, 1.82) is 0 Å². The summed E-state index contributed by atoms with van der Waals surface area (Å²) in [5.41, 5.74) is 0. The maximum Gasteiger partial charge on any atom is 0.331 e. The van der Waals surface area contributed by atoms with E-state index in [1.165, 1.54) is 6.66 Å². The minimum atomic E-state index is -3.35. The molecular weight excluding hydrogens is 806 g/mol. The fourth-order valence-electron chi connectivity index (χ4n) is 5.99. The summed E-state index contributed by atoms with van der Waals surface area (Å²) >= 11 is 0. The van der Waals surface area contributed by atoms with Crippen molar-refractivity contribution >= 4 is 47.6 Å². The van der Waals surface area contributed by atoms with Gasteiger partial charge in [-0.1, -0.05) is 0 Å². The molecule has 8 radical (unpaired) electrons. The molecule has 4 fully saturated rings. The number of hydrogen-bond acceptors (Lipinski definition) is 16. The van der Waals surface area contributed by atoms with Crippen LogP contribution in [0, 0.1) is 7.43 Å². The smallest absolute Gasteiger partial charge is 0.331 e. The van der Waals surface area contributed by atoms with Crippen molar-refractivity contribution in [3.05, 3.63) is 7.43 Å². The van der Waals surface area contributed by atoms with Crippen molar-refractivity contribution in [2.45, 2.75) is 178 Å². The van der Waals surface area contributed by atoms with E-state index in [1.807, 2.05) is 55.4 Å². The molecule has 338 valence electrons. The summed E-state index contributed by atoms with van der Waals surface area (Å²) in [4.78, 5) is 0. The van der Waals surface area contributed by atoms with Gasteiger partial charge in [0.1, 0.15) is 55.8 Å². The molecule has 0 spiro atoms. The van der Waals surface area contributed by atoms with Crippen LogP contribution < -0.4 is 0 Å². The molecule has 22 heteroatoms. The van der Waals surface area contributed by atoms with Crippen molar-refractivity contribution in [3.63, 3.8) is 0 Å². The molecule has 13 atom stereocenters. The first-order valence-corrected chi connectivity index (χ1v) is 23.0. The van der Waals surface area contributed by atoms with Gasteiger partial charge < -0.3 is 70.7 Å². The largest absolute Gasteiger partial charge is 0.394 e. The lowest BCUT2D eigenvalue weighted by molar-refractivity contribution is -0.0603. The molecule has 0 aliphatic carbocycles. The average Bonchev–Trinajstić information content (AvgIpc) is 3.86. The summed E-state index contributed by atoms with van der Waals surface area (Å²) in [5.74, 6) is 0. The highest BCUT2D eigenvalue weighted by Gasteiger charge is 2.40. The quantitative estimate of drug-likeness (QED) is 0.109. The predicted octanol–water partition coefficient (Wildman–Crippen LogP) is 3.71. The molecule has 0 aromatic carbocycles. The number of rotatable bonds is 19. The molecule has 59 heavy (non-hydrogen) atoms. The van der Waals surface area contributed by atoms with E-state index in [9.17, 15) is 9.67 Å². The lowest BCUT2D eigenvalue weighted by Crippen LogP contribution is -2.32. The van der Waals surface area contributed by atoms with Crippen LogP contribution >= 0.6 is 16.2 Å². The van der Waals surface area contributed by atoms with Crippen LogP contribution in [0.4, 0.5) is 0 Å². The molecule has 1 unspecified atom stereocenters. The zero-order valence-corrected chi connectivity index (χ0v) is 39.5. The number of hydrogen-bond donors (Lipinski definition) is 2. The molecule has 4 aliphatic rings. The highest BCUT2D eigenvalue weighted by Crippen LogP contribution is 2.48. The zero-order valence-electron chi connectivity index (χ0n) is 37.7. The lowest BCUT2D eigenvalue weighted by Gasteiger charge is -2.26. The van der Waals surface area contributed by atoms with Gasteiger partial charge in [-0.3, -0.25) is 4.57 Å². The standard InChI is InChI=1S/C17H31B2O7P.2C8H15BO3.C3H9O3P.CH3/c1-10(2)21-8-14-13(7-17(19)24-14)26-27(5,20)22-9-15-12(23-11(3)4)6-16(18)25-15;1-5(2)11-4-7-6(10)3-8(9)12-7;1-5(2)11-6-3-8(9)12-7(6)4-10;1-4-7(5-2)6-3;/h10-17H,6-9H2,1-5H3;2*5-8,10H,3-4H2,1-2H3;1-3H3;1H3/q;;;;+1/t12-,13-,14-,15-,16-,17-,27?;2*6-,7-,8-;;/m111../s1. The molecular formula is C37H73B4O16P2+. The van der Waals surface area contributed by atoms with Crippen LogP contribution in [0.2, 0.25) is 0 Å². The fourth-order valence-corrected chi connectivity index (χ4v) is 7.63. The van der Waals surface area contributed by atoms with Crippen molar-refractivity contribution in [1.82, 2.24) is 0 Å². The van der Waals surface area contributed by atoms with E-state index in [-0.39, 0.29) is 93.7 Å². The topological polar surface area (TPSA) is 178 Å². The second-order valence-electron chi connectivity index (χ2n) is 15.2. The third kappa shape index (κ3) is 25.3. The van der Waals surface area contributed by atoms with Crippen LogP contribution in [0.15, 0.2) is 0 Å². The maximum atomic E-state index is 12.8. The Hall–Kier alpha value is 0.190. The Bertz CT molecular complexity index is 1100. The van der Waals surface area contributed by atoms with Gasteiger partial charge in [0.15, 0.2) is 0 Å². The van der Waals surface area contributed by atoms with Crippen molar-refractivity contribution in [2.75, 3.05) is 54.4 Å². The van der Waals surface area contributed by atoms with E-state index in [0.29, 0.717) is 38.9 Å². The Kier molecular flexibility index (Phi) is 31.2. The summed E-state index contributed by atoms with van der Waals surface area (Å²) in [7, 11) is 23.0. The van der Waals surface area contributed by atoms with Crippen LogP contribution in [0.5, 0.6) is 0 Å². The van der Waals surface area contributed by atoms with Crippen LogP contribution in [0.3, 0.4) is 0 Å². The SMILES string of the molecule is COP(OC)OC.[B][C@H]1C[C@@H](O)[C@@H](COC(C)C)O1.[B][C@H]1C[C@@H](OC(C)C)[C@@H](CO)O1.[B][C@H]1C[C@@H](OC(C)C)[C@@H](COP(C)(=O)O[C@@H]2C[C@H]([B])O[C@@H]2COC(C)C)O1.[CH3+]. The normalized spacial score (nSPS) is 32.7. The summed E-state index contributed by atoms with van der Waals surface area (Å²) in [6, 6.07) is -1.51. The maximum absolute atomic E-state index is 12.8. The number of ether oxygens (including phenoxy) is 8. The van der Waals surface area contributed by atoms with E-state index < -0.39 is 40.4 Å². The number of aliphatic hydroxyl groups excluding tert-OH is 2. The van der Waals surface area contributed by atoms with Gasteiger partial charge in [0.2, 0.25) is 0 Å². The Morgan fingerprint density at radius 3 is 1.36 bits per heavy atom. The average molecular weight is 879 g/mol. The Morgan fingerprint density at radius 1 is 0.610 bits per heavy atom. The van der Waals surface area contributed by atoms with Gasteiger partial charge in [-0.05, 0) is 81.1 Å². The van der Waals surface area contributed by atoms with E-state index in [1.54, 1.807) is 21.3 Å². The molecule has 4 rings (SSSR count). The molecule has 2 N–H and O–H groups in total. The minimum Gasteiger partial charge on any atom is -0.394 e. The minimum absolute atomic E-state index is 0. The van der Waals surface area contributed by atoms with Gasteiger partial charge in [-0.2, -0.15) is 0 Å².